The van der Waals surface area contributed by atoms with Crippen LogP contribution in [0.5, 0.6) is 11.5 Å². The van der Waals surface area contributed by atoms with Gasteiger partial charge in [0.1, 0.15) is 5.82 Å². The number of fused-ring (bicyclic) bond motifs is 1. The van der Waals surface area contributed by atoms with E-state index in [-0.39, 0.29) is 6.04 Å². The van der Waals surface area contributed by atoms with E-state index in [4.69, 9.17) is 37.5 Å². The molecule has 1 atom stereocenters. The highest BCUT2D eigenvalue weighted by molar-refractivity contribution is 6.33. The van der Waals surface area contributed by atoms with E-state index in [1.165, 1.54) is 0 Å². The van der Waals surface area contributed by atoms with Gasteiger partial charge in [-0.2, -0.15) is 4.98 Å². The van der Waals surface area contributed by atoms with E-state index in [2.05, 4.69) is 15.2 Å². The monoisotopic (exact) mass is 414 g/mol. The first kappa shape index (κ1) is 19.4. The van der Waals surface area contributed by atoms with Crippen molar-refractivity contribution in [3.63, 3.8) is 0 Å². The first-order chi connectivity index (χ1) is 14.0. The fourth-order valence-electron chi connectivity index (χ4n) is 3.47. The molecule has 1 aromatic heterocycles. The molecule has 8 nitrogen and oxygen atoms in total. The fourth-order valence-corrected chi connectivity index (χ4v) is 3.58. The van der Waals surface area contributed by atoms with Crippen LogP contribution in [-0.4, -0.2) is 43.3 Å². The van der Waals surface area contributed by atoms with Gasteiger partial charge < -0.3 is 31.2 Å². The molecule has 29 heavy (non-hydrogen) atoms. The zero-order valence-electron chi connectivity index (χ0n) is 16.3. The Kier molecular flexibility index (Phi) is 5.21. The van der Waals surface area contributed by atoms with Crippen molar-refractivity contribution in [3.05, 3.63) is 35.4 Å². The van der Waals surface area contributed by atoms with Gasteiger partial charge in [0, 0.05) is 36.3 Å². The summed E-state index contributed by atoms with van der Waals surface area (Å²) in [5.74, 6) is 2.47. The smallest absolute Gasteiger partial charge is 0.229 e. The number of halogens is 1. The summed E-state index contributed by atoms with van der Waals surface area (Å²) in [6, 6.07) is 9.16. The van der Waals surface area contributed by atoms with Crippen molar-refractivity contribution < 1.29 is 9.47 Å². The van der Waals surface area contributed by atoms with Crippen molar-refractivity contribution >= 4 is 45.6 Å². The highest BCUT2D eigenvalue weighted by atomic mass is 35.5. The average molecular weight is 415 g/mol. The molecule has 2 heterocycles. The largest absolute Gasteiger partial charge is 0.493 e. The van der Waals surface area contributed by atoms with Gasteiger partial charge >= 0.3 is 0 Å². The number of methoxy groups -OCH3 is 2. The van der Waals surface area contributed by atoms with Gasteiger partial charge in [-0.15, -0.1) is 0 Å². The number of nitrogens with zero attached hydrogens (tertiary/aromatic N) is 3. The molecule has 0 aliphatic carbocycles. The normalized spacial score (nSPS) is 16.3. The predicted octanol–water partition coefficient (Wildman–Crippen LogP) is 3.16. The average Bonchev–Trinajstić information content (AvgIpc) is 3.15. The topological polar surface area (TPSA) is 112 Å². The van der Waals surface area contributed by atoms with E-state index in [9.17, 15) is 0 Å². The van der Waals surface area contributed by atoms with Crippen LogP contribution in [0.3, 0.4) is 0 Å². The van der Waals surface area contributed by atoms with Gasteiger partial charge in [-0.3, -0.25) is 0 Å². The summed E-state index contributed by atoms with van der Waals surface area (Å²) in [7, 11) is 3.21. The lowest BCUT2D eigenvalue weighted by molar-refractivity contribution is 0.356. The molecule has 1 saturated heterocycles. The third-order valence-electron chi connectivity index (χ3n) is 4.96. The second-order valence-electron chi connectivity index (χ2n) is 6.95. The molecule has 152 valence electrons. The minimum Gasteiger partial charge on any atom is -0.493 e. The van der Waals surface area contributed by atoms with Crippen LogP contribution >= 0.6 is 11.6 Å². The zero-order valence-corrected chi connectivity index (χ0v) is 17.0. The third kappa shape index (κ3) is 3.81. The van der Waals surface area contributed by atoms with Crippen molar-refractivity contribution in [2.24, 2.45) is 5.73 Å². The Hall–Kier alpha value is -2.97. The second kappa shape index (κ2) is 7.81. The Labute approximate surface area is 173 Å². The lowest BCUT2D eigenvalue weighted by atomic mass is 10.2. The standard InChI is InChI=1S/C20H23ClN6O2/c1-28-17-8-13-16(9-18(17)29-2)25-20(24-12-3-4-14(21)15(23)7-12)26-19(13)27-6-5-11(22)10-27/h3-4,7-9,11H,5-6,10,22-23H2,1-2H3,(H,24,25,26)/t11-/m0/s1. The summed E-state index contributed by atoms with van der Waals surface area (Å²) >= 11 is 6.02. The number of anilines is 4. The van der Waals surface area contributed by atoms with Crippen molar-refractivity contribution in [2.45, 2.75) is 12.5 Å². The Morgan fingerprint density at radius 1 is 1.14 bits per heavy atom. The van der Waals surface area contributed by atoms with Crippen LogP contribution in [0.4, 0.5) is 23.1 Å². The van der Waals surface area contributed by atoms with Gasteiger partial charge in [0.15, 0.2) is 11.5 Å². The maximum Gasteiger partial charge on any atom is 0.229 e. The Morgan fingerprint density at radius 3 is 2.55 bits per heavy atom. The maximum absolute atomic E-state index is 6.13. The highest BCUT2D eigenvalue weighted by Gasteiger charge is 2.24. The van der Waals surface area contributed by atoms with Crippen molar-refractivity contribution in [1.82, 2.24) is 9.97 Å². The van der Waals surface area contributed by atoms with Crippen LogP contribution in [-0.2, 0) is 0 Å². The molecule has 0 bridgehead atoms. The van der Waals surface area contributed by atoms with Gasteiger partial charge in [0.2, 0.25) is 5.95 Å². The van der Waals surface area contributed by atoms with E-state index in [1.807, 2.05) is 18.2 Å². The molecular formula is C20H23ClN6O2. The number of aromatic nitrogens is 2. The summed E-state index contributed by atoms with van der Waals surface area (Å²) in [5, 5.41) is 4.59. The number of hydrogen-bond acceptors (Lipinski definition) is 8. The van der Waals surface area contributed by atoms with E-state index in [0.717, 1.165) is 41.9 Å². The fraction of sp³-hybridized carbons (Fsp3) is 0.300. The molecule has 1 fully saturated rings. The highest BCUT2D eigenvalue weighted by Crippen LogP contribution is 2.37. The molecule has 2 aromatic carbocycles. The summed E-state index contributed by atoms with van der Waals surface area (Å²) in [6.07, 6.45) is 0.912. The van der Waals surface area contributed by atoms with Crippen LogP contribution in [0.1, 0.15) is 6.42 Å². The number of nitrogen functional groups attached to an aromatic ring is 1. The molecule has 9 heteroatoms. The van der Waals surface area contributed by atoms with Crippen molar-refractivity contribution in [1.29, 1.82) is 0 Å². The van der Waals surface area contributed by atoms with E-state index in [1.54, 1.807) is 26.4 Å². The molecule has 0 amide bonds. The maximum atomic E-state index is 6.13. The third-order valence-corrected chi connectivity index (χ3v) is 5.30. The van der Waals surface area contributed by atoms with Gasteiger partial charge in [-0.1, -0.05) is 11.6 Å². The summed E-state index contributed by atoms with van der Waals surface area (Å²) in [4.78, 5) is 11.6. The van der Waals surface area contributed by atoms with E-state index >= 15 is 0 Å². The van der Waals surface area contributed by atoms with Crippen LogP contribution in [0.25, 0.3) is 10.9 Å². The number of benzene rings is 2. The lowest BCUT2D eigenvalue weighted by Gasteiger charge is -2.21. The summed E-state index contributed by atoms with van der Waals surface area (Å²) < 4.78 is 10.9. The van der Waals surface area contributed by atoms with Gasteiger partial charge in [0.05, 0.1) is 30.4 Å². The van der Waals surface area contributed by atoms with E-state index in [0.29, 0.717) is 28.2 Å². The zero-order chi connectivity index (χ0) is 20.5. The minimum atomic E-state index is 0.118. The molecule has 1 aliphatic heterocycles. The quantitative estimate of drug-likeness (QED) is 0.546. The molecule has 5 N–H and O–H groups in total. The number of rotatable bonds is 5. The predicted molar refractivity (Wildman–Crippen MR) is 117 cm³/mol. The van der Waals surface area contributed by atoms with Gasteiger partial charge in [-0.25, -0.2) is 4.98 Å². The second-order valence-corrected chi connectivity index (χ2v) is 7.36. The molecule has 0 saturated carbocycles. The number of hydrogen-bond donors (Lipinski definition) is 3. The molecule has 3 aromatic rings. The summed E-state index contributed by atoms with van der Waals surface area (Å²) in [6.45, 7) is 1.56. The Balaban J connectivity index is 1.83. The molecule has 1 aliphatic rings. The van der Waals surface area contributed by atoms with Crippen molar-refractivity contribution in [3.8, 4) is 11.5 Å². The van der Waals surface area contributed by atoms with Gasteiger partial charge in [0.25, 0.3) is 0 Å². The summed E-state index contributed by atoms with van der Waals surface area (Å²) in [5.41, 5.74) is 14.0. The number of ether oxygens (including phenoxy) is 2. The molecule has 0 radical (unpaired) electrons. The Bertz CT molecular complexity index is 1060. The molecular weight excluding hydrogens is 392 g/mol. The van der Waals surface area contributed by atoms with Gasteiger partial charge in [-0.05, 0) is 30.7 Å². The van der Waals surface area contributed by atoms with Crippen LogP contribution in [0.2, 0.25) is 5.02 Å². The molecule has 0 unspecified atom stereocenters. The van der Waals surface area contributed by atoms with Crippen LogP contribution in [0.15, 0.2) is 30.3 Å². The Morgan fingerprint density at radius 2 is 1.90 bits per heavy atom. The first-order valence-corrected chi connectivity index (χ1v) is 9.62. The lowest BCUT2D eigenvalue weighted by Crippen LogP contribution is -2.27. The SMILES string of the molecule is COc1cc2nc(Nc3ccc(Cl)c(N)c3)nc(N3CC[C@H](N)C3)c2cc1OC. The number of nitrogens with two attached hydrogens (primary N) is 2. The molecule has 4 rings (SSSR count). The van der Waals surface area contributed by atoms with Crippen LogP contribution in [0, 0.1) is 0 Å². The first-order valence-electron chi connectivity index (χ1n) is 9.25. The van der Waals surface area contributed by atoms with Crippen molar-refractivity contribution in [2.75, 3.05) is 43.3 Å². The number of nitrogens with one attached hydrogen (secondary N) is 1. The van der Waals surface area contributed by atoms with E-state index < -0.39 is 0 Å². The minimum absolute atomic E-state index is 0.118. The van der Waals surface area contributed by atoms with Crippen LogP contribution < -0.4 is 31.2 Å². The molecule has 0 spiro atoms.